The Kier molecular flexibility index (Phi) is 1.72. The van der Waals surface area contributed by atoms with Crippen LogP contribution in [0.5, 0.6) is 0 Å². The molecule has 2 aromatic rings. The minimum absolute atomic E-state index is 0.914. The lowest BCUT2D eigenvalue weighted by atomic mass is 10.1. The van der Waals surface area contributed by atoms with Crippen LogP contribution in [-0.4, -0.2) is 16.8 Å². The molecule has 0 radical (unpaired) electrons. The maximum absolute atomic E-state index is 4.52. The molecule has 0 saturated carbocycles. The largest absolute Gasteiger partial charge is 0.337 e. The molecule has 2 nitrogen and oxygen atoms in total. The smallest absolute Gasteiger partial charge is 0.0659 e. The zero-order chi connectivity index (χ0) is 10.4. The monoisotopic (exact) mass is 198 g/mol. The quantitative estimate of drug-likeness (QED) is 0.619. The highest BCUT2D eigenvalue weighted by Gasteiger charge is 2.17. The van der Waals surface area contributed by atoms with Crippen LogP contribution in [0.2, 0.25) is 0 Å². The summed E-state index contributed by atoms with van der Waals surface area (Å²) in [6, 6.07) is 8.61. The van der Waals surface area contributed by atoms with E-state index in [1.807, 2.05) is 0 Å². The van der Waals surface area contributed by atoms with Crippen LogP contribution in [0.15, 0.2) is 29.3 Å². The Labute approximate surface area is 89.2 Å². The van der Waals surface area contributed by atoms with Crippen LogP contribution in [0.1, 0.15) is 18.2 Å². The number of aryl methyl sites for hydroxylation is 1. The van der Waals surface area contributed by atoms with E-state index in [9.17, 15) is 0 Å². The van der Waals surface area contributed by atoms with Crippen LogP contribution in [0.25, 0.3) is 10.9 Å². The number of aromatic nitrogens is 1. The fraction of sp³-hybridized carbons (Fsp3) is 0.308. The van der Waals surface area contributed by atoms with Crippen molar-refractivity contribution in [3.05, 3.63) is 35.5 Å². The SMILES string of the molecule is CC1=NCCn2c1c(C)c1ccccc12. The summed E-state index contributed by atoms with van der Waals surface area (Å²) >= 11 is 0. The topological polar surface area (TPSA) is 17.3 Å². The molecule has 1 aliphatic heterocycles. The van der Waals surface area contributed by atoms with Gasteiger partial charge in [-0.2, -0.15) is 0 Å². The fourth-order valence-electron chi connectivity index (χ4n) is 2.57. The van der Waals surface area contributed by atoms with E-state index in [-0.39, 0.29) is 0 Å². The molecule has 0 amide bonds. The van der Waals surface area contributed by atoms with Crippen molar-refractivity contribution in [3.8, 4) is 0 Å². The van der Waals surface area contributed by atoms with Crippen LogP contribution in [0, 0.1) is 6.92 Å². The van der Waals surface area contributed by atoms with Gasteiger partial charge in [0.1, 0.15) is 0 Å². The fourth-order valence-corrected chi connectivity index (χ4v) is 2.57. The van der Waals surface area contributed by atoms with E-state index >= 15 is 0 Å². The highest BCUT2D eigenvalue weighted by atomic mass is 15.0. The summed E-state index contributed by atoms with van der Waals surface area (Å²) in [4.78, 5) is 4.52. The van der Waals surface area contributed by atoms with Crippen molar-refractivity contribution in [1.29, 1.82) is 0 Å². The molecule has 1 aromatic carbocycles. The number of nitrogens with zero attached hydrogens (tertiary/aromatic N) is 2. The normalized spacial score (nSPS) is 15.2. The van der Waals surface area contributed by atoms with Crippen molar-refractivity contribution in [2.45, 2.75) is 20.4 Å². The molecule has 0 saturated heterocycles. The first kappa shape index (κ1) is 8.72. The first-order valence-electron chi connectivity index (χ1n) is 5.38. The van der Waals surface area contributed by atoms with Crippen LogP contribution < -0.4 is 0 Å². The van der Waals surface area contributed by atoms with Gasteiger partial charge >= 0.3 is 0 Å². The number of hydrogen-bond donors (Lipinski definition) is 0. The van der Waals surface area contributed by atoms with E-state index in [0.29, 0.717) is 0 Å². The van der Waals surface area contributed by atoms with Gasteiger partial charge in [-0.05, 0) is 25.5 Å². The molecule has 1 aliphatic rings. The Morgan fingerprint density at radius 2 is 2.00 bits per heavy atom. The lowest BCUT2D eigenvalue weighted by Gasteiger charge is -2.15. The molecule has 0 atom stereocenters. The molecule has 76 valence electrons. The molecule has 3 rings (SSSR count). The van der Waals surface area contributed by atoms with Crippen molar-refractivity contribution < 1.29 is 0 Å². The second kappa shape index (κ2) is 2.96. The van der Waals surface area contributed by atoms with E-state index in [4.69, 9.17) is 0 Å². The van der Waals surface area contributed by atoms with Crippen molar-refractivity contribution >= 4 is 16.6 Å². The third kappa shape index (κ3) is 1.08. The molecule has 1 aromatic heterocycles. The van der Waals surface area contributed by atoms with Crippen LogP contribution in [0.3, 0.4) is 0 Å². The van der Waals surface area contributed by atoms with Gasteiger partial charge in [0, 0.05) is 17.4 Å². The zero-order valence-corrected chi connectivity index (χ0v) is 9.12. The molecule has 0 spiro atoms. The number of benzene rings is 1. The Hall–Kier alpha value is -1.57. The third-order valence-electron chi connectivity index (χ3n) is 3.24. The number of aliphatic imine (C=N–C) groups is 1. The lowest BCUT2D eigenvalue weighted by Crippen LogP contribution is -2.16. The van der Waals surface area contributed by atoms with Crippen molar-refractivity contribution in [2.24, 2.45) is 4.99 Å². The predicted octanol–water partition coefficient (Wildman–Crippen LogP) is 2.77. The molecule has 0 unspecified atom stereocenters. The van der Waals surface area contributed by atoms with Gasteiger partial charge in [0.05, 0.1) is 18.0 Å². The maximum atomic E-state index is 4.52. The van der Waals surface area contributed by atoms with Gasteiger partial charge in [0.2, 0.25) is 0 Å². The summed E-state index contributed by atoms with van der Waals surface area (Å²) in [5.74, 6) is 0. The highest BCUT2D eigenvalue weighted by Crippen LogP contribution is 2.27. The molecule has 2 heteroatoms. The summed E-state index contributed by atoms with van der Waals surface area (Å²) in [5.41, 5.74) is 5.21. The van der Waals surface area contributed by atoms with Crippen LogP contribution in [0.4, 0.5) is 0 Å². The molecule has 2 heterocycles. The minimum Gasteiger partial charge on any atom is -0.337 e. The summed E-state index contributed by atoms with van der Waals surface area (Å²) in [5, 5.41) is 1.36. The Morgan fingerprint density at radius 1 is 1.20 bits per heavy atom. The number of hydrogen-bond acceptors (Lipinski definition) is 1. The first-order valence-corrected chi connectivity index (χ1v) is 5.38. The minimum atomic E-state index is 0.914. The van der Waals surface area contributed by atoms with E-state index in [1.54, 1.807) is 0 Å². The molecule has 15 heavy (non-hydrogen) atoms. The Bertz CT molecular complexity index is 561. The number of para-hydroxylation sites is 1. The van der Waals surface area contributed by atoms with Crippen molar-refractivity contribution in [2.75, 3.05) is 6.54 Å². The van der Waals surface area contributed by atoms with Crippen LogP contribution in [-0.2, 0) is 6.54 Å². The standard InChI is InChI=1S/C13H14N2/c1-9-11-5-3-4-6-12(11)15-8-7-14-10(2)13(9)15/h3-6H,7-8H2,1-2H3. The molecule has 0 fully saturated rings. The van der Waals surface area contributed by atoms with Gasteiger partial charge in [0.25, 0.3) is 0 Å². The third-order valence-corrected chi connectivity index (χ3v) is 3.24. The van der Waals surface area contributed by atoms with Gasteiger partial charge in [-0.3, -0.25) is 4.99 Å². The van der Waals surface area contributed by atoms with Gasteiger partial charge in [-0.15, -0.1) is 0 Å². The van der Waals surface area contributed by atoms with Crippen LogP contribution >= 0.6 is 0 Å². The average Bonchev–Trinajstić information content (AvgIpc) is 2.55. The number of fused-ring (bicyclic) bond motifs is 3. The molecule has 0 bridgehead atoms. The van der Waals surface area contributed by atoms with Gasteiger partial charge in [-0.25, -0.2) is 0 Å². The second-order valence-corrected chi connectivity index (χ2v) is 4.11. The van der Waals surface area contributed by atoms with E-state index in [1.165, 1.54) is 27.9 Å². The van der Waals surface area contributed by atoms with Crippen molar-refractivity contribution in [3.63, 3.8) is 0 Å². The highest BCUT2D eigenvalue weighted by molar-refractivity contribution is 6.05. The summed E-state index contributed by atoms with van der Waals surface area (Å²) < 4.78 is 2.40. The summed E-state index contributed by atoms with van der Waals surface area (Å²) in [7, 11) is 0. The Balaban J connectivity index is 2.47. The molecule has 0 N–H and O–H groups in total. The Morgan fingerprint density at radius 3 is 2.87 bits per heavy atom. The van der Waals surface area contributed by atoms with E-state index < -0.39 is 0 Å². The van der Waals surface area contributed by atoms with Gasteiger partial charge in [-0.1, -0.05) is 18.2 Å². The molecular formula is C13H14N2. The summed E-state index contributed by atoms with van der Waals surface area (Å²) in [6.45, 7) is 6.23. The van der Waals surface area contributed by atoms with Gasteiger partial charge < -0.3 is 4.57 Å². The van der Waals surface area contributed by atoms with Crippen molar-refractivity contribution in [1.82, 2.24) is 4.57 Å². The average molecular weight is 198 g/mol. The van der Waals surface area contributed by atoms with E-state index in [2.05, 4.69) is 47.7 Å². The second-order valence-electron chi connectivity index (χ2n) is 4.11. The molecular weight excluding hydrogens is 184 g/mol. The zero-order valence-electron chi connectivity index (χ0n) is 9.12. The number of rotatable bonds is 0. The summed E-state index contributed by atoms with van der Waals surface area (Å²) in [6.07, 6.45) is 0. The van der Waals surface area contributed by atoms with E-state index in [0.717, 1.165) is 13.1 Å². The lowest BCUT2D eigenvalue weighted by molar-refractivity contribution is 0.708. The van der Waals surface area contributed by atoms with Gasteiger partial charge in [0.15, 0.2) is 0 Å². The first-order chi connectivity index (χ1) is 7.29. The predicted molar refractivity (Wildman–Crippen MR) is 63.8 cm³/mol. The maximum Gasteiger partial charge on any atom is 0.0659 e. The molecule has 0 aliphatic carbocycles.